The lowest BCUT2D eigenvalue weighted by molar-refractivity contribution is -0.110. The van der Waals surface area contributed by atoms with Crippen LogP contribution in [-0.4, -0.2) is 58.5 Å². The van der Waals surface area contributed by atoms with Crippen LogP contribution in [0.15, 0.2) is 24.5 Å². The van der Waals surface area contributed by atoms with Crippen LogP contribution in [0.4, 0.5) is 5.82 Å². The maximum atomic E-state index is 11.5. The summed E-state index contributed by atoms with van der Waals surface area (Å²) in [5.74, 6) is 1.12. The number of aromatic nitrogens is 2. The number of benzene rings is 1. The van der Waals surface area contributed by atoms with Gasteiger partial charge < -0.3 is 20.5 Å². The van der Waals surface area contributed by atoms with E-state index in [9.17, 15) is 9.90 Å². The van der Waals surface area contributed by atoms with E-state index in [1.165, 1.54) is 6.33 Å². The quantitative estimate of drug-likeness (QED) is 0.677. The van der Waals surface area contributed by atoms with E-state index in [0.717, 1.165) is 42.0 Å². The Morgan fingerprint density at radius 2 is 1.93 bits per heavy atom. The first-order valence-corrected chi connectivity index (χ1v) is 10.8. The normalized spacial score (nSPS) is 23.8. The Labute approximate surface area is 185 Å². The van der Waals surface area contributed by atoms with E-state index < -0.39 is 12.1 Å². The molecule has 7 nitrogen and oxygen atoms in total. The summed E-state index contributed by atoms with van der Waals surface area (Å²) in [6, 6.07) is 4.43. The van der Waals surface area contributed by atoms with Crippen LogP contribution < -0.4 is 10.6 Å². The zero-order valence-electron chi connectivity index (χ0n) is 16.7. The molecular formula is C21H25Cl2N5O2. The summed E-state index contributed by atoms with van der Waals surface area (Å²) in [7, 11) is 0. The van der Waals surface area contributed by atoms with Gasteiger partial charge in [-0.25, -0.2) is 9.97 Å². The summed E-state index contributed by atoms with van der Waals surface area (Å²) in [6.07, 6.45) is 2.46. The zero-order valence-corrected chi connectivity index (χ0v) is 18.2. The Balaban J connectivity index is 1.55. The van der Waals surface area contributed by atoms with Gasteiger partial charge in [-0.3, -0.25) is 4.90 Å². The van der Waals surface area contributed by atoms with Crippen LogP contribution in [-0.2, 0) is 4.79 Å². The molecule has 0 radical (unpaired) electrons. The van der Waals surface area contributed by atoms with Crippen molar-refractivity contribution in [2.45, 2.75) is 37.5 Å². The number of rotatable bonds is 5. The smallest absolute Gasteiger partial charge is 0.138 e. The number of carbonyl (C=O) groups is 1. The minimum atomic E-state index is -0.674. The third-order valence-electron chi connectivity index (χ3n) is 6.09. The Hall–Kier alpha value is -1.77. The molecule has 160 valence electrons. The lowest BCUT2D eigenvalue weighted by atomic mass is 9.98. The number of aliphatic hydroxyl groups excluding tert-OH is 1. The van der Waals surface area contributed by atoms with E-state index in [2.05, 4.69) is 26.7 Å². The van der Waals surface area contributed by atoms with Crippen molar-refractivity contribution >= 4 is 35.3 Å². The fourth-order valence-electron chi connectivity index (χ4n) is 4.61. The van der Waals surface area contributed by atoms with Gasteiger partial charge in [-0.2, -0.15) is 0 Å². The van der Waals surface area contributed by atoms with Crippen molar-refractivity contribution < 1.29 is 9.90 Å². The highest BCUT2D eigenvalue weighted by Crippen LogP contribution is 2.43. The maximum Gasteiger partial charge on any atom is 0.138 e. The van der Waals surface area contributed by atoms with E-state index in [1.807, 2.05) is 6.07 Å². The predicted molar refractivity (Wildman–Crippen MR) is 117 cm³/mol. The minimum absolute atomic E-state index is 0.219. The van der Waals surface area contributed by atoms with Crippen molar-refractivity contribution in [2.75, 3.05) is 31.1 Å². The monoisotopic (exact) mass is 449 g/mol. The predicted octanol–water partition coefficient (Wildman–Crippen LogP) is 2.71. The number of nitrogens with zero attached hydrogens (tertiary/aromatic N) is 4. The maximum absolute atomic E-state index is 11.5. The molecule has 2 heterocycles. The molecule has 1 fully saturated rings. The van der Waals surface area contributed by atoms with E-state index in [0.29, 0.717) is 29.6 Å². The zero-order chi connectivity index (χ0) is 21.4. The van der Waals surface area contributed by atoms with E-state index in [4.69, 9.17) is 28.9 Å². The molecule has 2 aromatic rings. The van der Waals surface area contributed by atoms with E-state index in [1.54, 1.807) is 12.1 Å². The van der Waals surface area contributed by atoms with Crippen molar-refractivity contribution in [3.05, 3.63) is 51.4 Å². The molecule has 2 unspecified atom stereocenters. The van der Waals surface area contributed by atoms with Gasteiger partial charge in [0.05, 0.1) is 33.9 Å². The van der Waals surface area contributed by atoms with Crippen LogP contribution in [0.5, 0.6) is 0 Å². The summed E-state index contributed by atoms with van der Waals surface area (Å²) in [5, 5.41) is 11.2. The topological polar surface area (TPSA) is 95.6 Å². The molecule has 4 atom stereocenters. The highest BCUT2D eigenvalue weighted by Gasteiger charge is 2.35. The standard InChI is InChI=1S/C21H25Cl2N5O2/c1-12-8-17(30)19-18(12)21(26-11-25-19)28-6-4-27(5-7-28)20(16(24)10-29)13-2-3-14(22)15(23)9-13/h2-3,9-12,16-17,20,30H,4-8,24H2,1H3/t12-,16?,17+,20?/m1/s1. The number of hydrogen-bond donors (Lipinski definition) is 2. The second kappa shape index (κ2) is 8.77. The van der Waals surface area contributed by atoms with Gasteiger partial charge in [0.2, 0.25) is 0 Å². The number of anilines is 1. The highest BCUT2D eigenvalue weighted by atomic mass is 35.5. The molecule has 9 heteroatoms. The molecule has 1 aromatic heterocycles. The van der Waals surface area contributed by atoms with Crippen LogP contribution in [0.1, 0.15) is 48.2 Å². The summed E-state index contributed by atoms with van der Waals surface area (Å²) in [5.41, 5.74) is 8.83. The average molecular weight is 450 g/mol. The molecule has 2 aliphatic rings. The molecule has 0 spiro atoms. The molecule has 1 saturated heterocycles. The average Bonchev–Trinajstić information content (AvgIpc) is 3.05. The lowest BCUT2D eigenvalue weighted by Gasteiger charge is -2.41. The third kappa shape index (κ3) is 3.92. The van der Waals surface area contributed by atoms with E-state index >= 15 is 0 Å². The van der Waals surface area contributed by atoms with Gasteiger partial charge in [0.25, 0.3) is 0 Å². The molecule has 4 rings (SSSR count). The molecule has 0 bridgehead atoms. The first kappa shape index (κ1) is 21.5. The number of aliphatic hydroxyl groups is 1. The van der Waals surface area contributed by atoms with Gasteiger partial charge in [0.1, 0.15) is 18.4 Å². The van der Waals surface area contributed by atoms with Crippen molar-refractivity contribution in [3.63, 3.8) is 0 Å². The molecular weight excluding hydrogens is 425 g/mol. The molecule has 1 aliphatic heterocycles. The van der Waals surface area contributed by atoms with Crippen LogP contribution >= 0.6 is 23.2 Å². The largest absolute Gasteiger partial charge is 0.387 e. The second-order valence-corrected chi connectivity index (χ2v) is 8.82. The summed E-state index contributed by atoms with van der Waals surface area (Å²) < 4.78 is 0. The molecule has 3 N–H and O–H groups in total. The SMILES string of the molecule is C[C@@H]1C[C@H](O)c2ncnc(N3CCN(C(c4ccc(Cl)c(Cl)c4)C(N)C=O)CC3)c21. The number of fused-ring (bicyclic) bond motifs is 1. The summed E-state index contributed by atoms with van der Waals surface area (Å²) >= 11 is 12.3. The first-order chi connectivity index (χ1) is 14.4. The van der Waals surface area contributed by atoms with Crippen molar-refractivity contribution in [3.8, 4) is 0 Å². The minimum Gasteiger partial charge on any atom is -0.387 e. The Kier molecular flexibility index (Phi) is 6.27. The molecule has 0 saturated carbocycles. The number of piperazine rings is 1. The van der Waals surface area contributed by atoms with Crippen molar-refractivity contribution in [1.29, 1.82) is 0 Å². The second-order valence-electron chi connectivity index (χ2n) is 8.00. The van der Waals surface area contributed by atoms with Crippen molar-refractivity contribution in [2.24, 2.45) is 5.73 Å². The Bertz CT molecular complexity index is 936. The van der Waals surface area contributed by atoms with Crippen LogP contribution in [0, 0.1) is 0 Å². The Morgan fingerprint density at radius 1 is 1.20 bits per heavy atom. The first-order valence-electron chi connectivity index (χ1n) is 10.1. The van der Waals surface area contributed by atoms with Crippen LogP contribution in [0.2, 0.25) is 10.0 Å². The fraction of sp³-hybridized carbons (Fsp3) is 0.476. The molecule has 1 aromatic carbocycles. The summed E-state index contributed by atoms with van der Waals surface area (Å²) in [6.45, 7) is 4.98. The fourth-order valence-corrected chi connectivity index (χ4v) is 4.92. The number of halogens is 2. The number of carbonyl (C=O) groups excluding carboxylic acids is 1. The Morgan fingerprint density at radius 3 is 2.60 bits per heavy atom. The van der Waals surface area contributed by atoms with Gasteiger partial charge in [0.15, 0.2) is 0 Å². The highest BCUT2D eigenvalue weighted by molar-refractivity contribution is 6.42. The van der Waals surface area contributed by atoms with Crippen molar-refractivity contribution in [1.82, 2.24) is 14.9 Å². The van der Waals surface area contributed by atoms with Crippen LogP contribution in [0.25, 0.3) is 0 Å². The van der Waals surface area contributed by atoms with Gasteiger partial charge >= 0.3 is 0 Å². The molecule has 30 heavy (non-hydrogen) atoms. The number of hydrogen-bond acceptors (Lipinski definition) is 7. The third-order valence-corrected chi connectivity index (χ3v) is 6.83. The summed E-state index contributed by atoms with van der Waals surface area (Å²) in [4.78, 5) is 24.8. The van der Waals surface area contributed by atoms with Gasteiger partial charge in [0, 0.05) is 31.7 Å². The van der Waals surface area contributed by atoms with Gasteiger partial charge in [-0.05, 0) is 30.0 Å². The van der Waals surface area contributed by atoms with E-state index in [-0.39, 0.29) is 12.0 Å². The number of aldehydes is 1. The number of nitrogens with two attached hydrogens (primary N) is 1. The lowest BCUT2D eigenvalue weighted by Crippen LogP contribution is -2.52. The van der Waals surface area contributed by atoms with Gasteiger partial charge in [-0.15, -0.1) is 0 Å². The molecule has 1 aliphatic carbocycles. The van der Waals surface area contributed by atoms with Gasteiger partial charge in [-0.1, -0.05) is 36.2 Å². The molecule has 0 amide bonds. The van der Waals surface area contributed by atoms with Crippen LogP contribution in [0.3, 0.4) is 0 Å².